The molecule has 0 aliphatic heterocycles. The van der Waals surface area contributed by atoms with Gasteiger partial charge in [0.05, 0.1) is 70.9 Å². The third-order valence-electron chi connectivity index (χ3n) is 27.8. The smallest absolute Gasteiger partial charge is 0.241 e. The number of para-hydroxylation sites is 10. The average molecular weight is 1870 g/mol. The van der Waals surface area contributed by atoms with E-state index in [1.807, 2.05) is 115 Å². The van der Waals surface area contributed by atoms with E-state index < -0.39 is 0 Å². The lowest BCUT2D eigenvalue weighted by Gasteiger charge is -2.14. The fourth-order valence-corrected chi connectivity index (χ4v) is 22.5. The highest BCUT2D eigenvalue weighted by atomic mass is 32.1. The van der Waals surface area contributed by atoms with Gasteiger partial charge in [-0.15, -0.1) is 11.3 Å². The van der Waals surface area contributed by atoms with Crippen LogP contribution in [0.15, 0.2) is 485 Å². The first-order valence-electron chi connectivity index (χ1n) is 48.4. The molecule has 0 N–H and O–H groups in total. The Kier molecular flexibility index (Phi) is 20.0. The minimum absolute atomic E-state index is 0.566. The van der Waals surface area contributed by atoms with Crippen molar-refractivity contribution < 1.29 is 0 Å². The summed E-state index contributed by atoms with van der Waals surface area (Å²) < 4.78 is 16.1. The Morgan fingerprint density at radius 1 is 0.159 bits per heavy atom. The number of aromatic nitrogens is 16. The van der Waals surface area contributed by atoms with Crippen molar-refractivity contribution in [2.75, 3.05) is 0 Å². The molecule has 0 fully saturated rings. The van der Waals surface area contributed by atoms with Crippen LogP contribution in [0.25, 0.3) is 265 Å². The van der Waals surface area contributed by atoms with Gasteiger partial charge in [-0.3, -0.25) is 18.3 Å². The number of benzene rings is 19. The Labute approximate surface area is 833 Å². The maximum Gasteiger partial charge on any atom is 0.241 e. The lowest BCUT2D eigenvalue weighted by Crippen LogP contribution is -2.13. The number of hydrogen-bond acceptors (Lipinski definition) is 11. The maximum absolute atomic E-state index is 5.28. The molecule has 11 heterocycles. The molecule has 11 aromatic heterocycles. The Morgan fingerprint density at radius 3 is 0.869 bits per heavy atom. The van der Waals surface area contributed by atoms with E-state index in [0.717, 1.165) is 138 Å². The zero-order valence-electron chi connectivity index (χ0n) is 77.8. The molecule has 30 rings (SSSR count). The van der Waals surface area contributed by atoms with E-state index in [1.54, 1.807) is 0 Å². The normalized spacial score (nSPS) is 11.7. The highest BCUT2D eigenvalue weighted by Crippen LogP contribution is 2.47. The van der Waals surface area contributed by atoms with E-state index >= 15 is 0 Å². The van der Waals surface area contributed by atoms with Crippen LogP contribution >= 0.6 is 11.3 Å². The molecule has 0 amide bonds. The van der Waals surface area contributed by atoms with Crippen LogP contribution in [0.2, 0.25) is 0 Å². The van der Waals surface area contributed by atoms with Crippen molar-refractivity contribution in [2.45, 2.75) is 0 Å². The molecule has 19 aromatic carbocycles. The van der Waals surface area contributed by atoms with E-state index in [0.29, 0.717) is 52.8 Å². The Balaban J connectivity index is 0.000000106. The van der Waals surface area contributed by atoms with E-state index in [-0.39, 0.29) is 0 Å². The molecule has 0 saturated heterocycles. The molecule has 0 spiro atoms. The fraction of sp³-hybridized carbons (Fsp3) is 0. The molecular formula is C128H80N16S. The molecule has 0 aliphatic rings. The summed E-state index contributed by atoms with van der Waals surface area (Å²) in [5, 5.41) is 16.8. The molecular weight excluding hydrogens is 1790 g/mol. The van der Waals surface area contributed by atoms with Crippen LogP contribution < -0.4 is 0 Å². The first-order valence-corrected chi connectivity index (χ1v) is 49.2. The Hall–Kier alpha value is -19.6. The van der Waals surface area contributed by atoms with Gasteiger partial charge in [0.1, 0.15) is 5.82 Å². The lowest BCUT2D eigenvalue weighted by atomic mass is 10.0. The molecule has 0 saturated carbocycles. The summed E-state index contributed by atoms with van der Waals surface area (Å²) >= 11 is 1.86. The van der Waals surface area contributed by atoms with Crippen molar-refractivity contribution in [1.29, 1.82) is 0 Å². The van der Waals surface area contributed by atoms with Crippen LogP contribution in [0.4, 0.5) is 0 Å². The minimum Gasteiger partial charge on any atom is -0.309 e. The predicted octanol–water partition coefficient (Wildman–Crippen LogP) is 31.6. The van der Waals surface area contributed by atoms with Gasteiger partial charge >= 0.3 is 0 Å². The summed E-state index contributed by atoms with van der Waals surface area (Å²) in [7, 11) is 0. The molecule has 17 heteroatoms. The van der Waals surface area contributed by atoms with E-state index in [4.69, 9.17) is 49.8 Å². The largest absolute Gasteiger partial charge is 0.309 e. The van der Waals surface area contributed by atoms with Crippen LogP contribution in [-0.4, -0.2) is 77.2 Å². The highest BCUT2D eigenvalue weighted by Gasteiger charge is 2.27. The van der Waals surface area contributed by atoms with Crippen molar-refractivity contribution >= 4 is 162 Å². The Bertz CT molecular complexity index is 9810. The molecule has 145 heavy (non-hydrogen) atoms. The van der Waals surface area contributed by atoms with Crippen molar-refractivity contribution in [3.8, 4) is 114 Å². The van der Waals surface area contributed by atoms with Gasteiger partial charge in [-0.05, 0) is 120 Å². The van der Waals surface area contributed by atoms with Gasteiger partial charge < -0.3 is 9.13 Å². The van der Waals surface area contributed by atoms with Crippen LogP contribution in [0.1, 0.15) is 0 Å². The first-order chi connectivity index (χ1) is 71.9. The highest BCUT2D eigenvalue weighted by molar-refractivity contribution is 7.26. The minimum atomic E-state index is 0.566. The number of rotatable bonds is 13. The monoisotopic (exact) mass is 1870 g/mol. The van der Waals surface area contributed by atoms with Gasteiger partial charge in [-0.2, -0.15) is 15.0 Å². The van der Waals surface area contributed by atoms with Gasteiger partial charge in [0.25, 0.3) is 0 Å². The number of hydrogen-bond donors (Lipinski definition) is 0. The summed E-state index contributed by atoms with van der Waals surface area (Å²) in [5.41, 5.74) is 23.2. The SMILES string of the molecule is c1ccc(-c2ccc(-c3nc(-c4ccccc4)nc(-c4cccc(-n5c6ccccc6c6ccc7c8ccccc8sc7c65)c4)n3)cc2)cc1.c1ccc(-c2nc(-c3ccccc3)nc(-c3ccc(-n4c5ccccc5c5cc6c7ccccc7n(-c7ccccc7)c6cc54)nc3)n2)cc1.c1ccc2c(c1)c1ccccc1n2-c1nc(-n2c3ccccc3c3ccccc32)nc(-n2c3ccccc3c3ccccc32)n1. The summed E-state index contributed by atoms with van der Waals surface area (Å²) in [6.07, 6.45) is 1.87. The standard InChI is InChI=1S/C45H28N4S.C44H28N6.C39H24N6/c1-3-12-29(13-4-1)30-22-24-32(25-23-30)44-46-43(31-14-5-2-6-15-31)47-45(48-44)33-16-11-17-34(28-33)49-39-20-9-7-18-35(39)37-26-27-38-36-19-8-10-21-40(36)50-42(38)41(37)49;1-4-14-29(15-5-1)42-46-43(30-16-6-2-7-17-30)48-44(47-42)31-24-25-41(45-28-31)50-38-23-13-11-21-34(38)36-26-35-33-20-10-12-22-37(33)49(39(35)27-40(36)50)32-18-8-3-9-19-32;1-7-19-31-25(13-1)26-14-2-8-20-32(26)43(31)37-40-38(44-33-21-9-3-15-27(33)28-16-4-10-22-34(28)44)42-39(41-37)45-35-23-11-5-17-29(35)30-18-6-12-24-36(30)45/h2*1-28H;1-24H. The fourth-order valence-electron chi connectivity index (χ4n) is 21.3. The van der Waals surface area contributed by atoms with Crippen molar-refractivity contribution in [1.82, 2.24) is 77.2 Å². The molecule has 0 aliphatic carbocycles. The average Bonchev–Trinajstić information content (AvgIpc) is 1.55. The third-order valence-corrected chi connectivity index (χ3v) is 29.0. The summed E-state index contributed by atoms with van der Waals surface area (Å²) in [4.78, 5) is 50.7. The van der Waals surface area contributed by atoms with E-state index in [1.165, 1.54) is 74.6 Å². The van der Waals surface area contributed by atoms with Crippen molar-refractivity contribution in [2.24, 2.45) is 0 Å². The van der Waals surface area contributed by atoms with Gasteiger partial charge in [0.15, 0.2) is 34.9 Å². The van der Waals surface area contributed by atoms with Crippen molar-refractivity contribution in [3.05, 3.63) is 485 Å². The van der Waals surface area contributed by atoms with E-state index in [9.17, 15) is 0 Å². The van der Waals surface area contributed by atoms with Crippen LogP contribution in [0.3, 0.4) is 0 Å². The zero-order chi connectivity index (χ0) is 95.5. The second kappa shape index (κ2) is 34.8. The molecule has 0 unspecified atom stereocenters. The first kappa shape index (κ1) is 83.5. The molecule has 0 bridgehead atoms. The van der Waals surface area contributed by atoms with Crippen LogP contribution in [0.5, 0.6) is 0 Å². The van der Waals surface area contributed by atoms with Gasteiger partial charge in [0, 0.05) is 131 Å². The number of thiophene rings is 1. The zero-order valence-corrected chi connectivity index (χ0v) is 78.6. The molecule has 0 radical (unpaired) electrons. The Morgan fingerprint density at radius 2 is 0.448 bits per heavy atom. The molecule has 0 atom stereocenters. The topological polar surface area (TPSA) is 158 Å². The van der Waals surface area contributed by atoms with Crippen LogP contribution in [0, 0.1) is 0 Å². The predicted molar refractivity (Wildman–Crippen MR) is 594 cm³/mol. The van der Waals surface area contributed by atoms with Crippen molar-refractivity contribution in [3.63, 3.8) is 0 Å². The van der Waals surface area contributed by atoms with Crippen LogP contribution in [-0.2, 0) is 0 Å². The van der Waals surface area contributed by atoms with Gasteiger partial charge in [-0.1, -0.05) is 370 Å². The summed E-state index contributed by atoms with van der Waals surface area (Å²) in [6.45, 7) is 0. The van der Waals surface area contributed by atoms with E-state index in [2.05, 4.69) is 410 Å². The molecule has 16 nitrogen and oxygen atoms in total. The third kappa shape index (κ3) is 14.3. The molecule has 30 aromatic rings. The quantitative estimate of drug-likeness (QED) is 0.109. The van der Waals surface area contributed by atoms with Gasteiger partial charge in [-0.25, -0.2) is 34.9 Å². The second-order valence-electron chi connectivity index (χ2n) is 36.2. The maximum atomic E-state index is 5.28. The molecule has 678 valence electrons. The second-order valence-corrected chi connectivity index (χ2v) is 37.2. The number of fused-ring (bicyclic) bond motifs is 22. The number of pyridine rings is 1. The van der Waals surface area contributed by atoms with Gasteiger partial charge in [0.2, 0.25) is 17.8 Å². The summed E-state index contributed by atoms with van der Waals surface area (Å²) in [5.74, 6) is 6.27. The summed E-state index contributed by atoms with van der Waals surface area (Å²) in [6, 6.07) is 167. The lowest BCUT2D eigenvalue weighted by molar-refractivity contribution is 0.848. The number of nitrogens with zero attached hydrogens (tertiary/aromatic N) is 16.